The van der Waals surface area contributed by atoms with Gasteiger partial charge in [0.2, 0.25) is 5.89 Å². The molecule has 0 unspecified atom stereocenters. The highest BCUT2D eigenvalue weighted by atomic mass is 16.4. The molecule has 1 aliphatic heterocycles. The molecule has 3 aromatic rings. The first-order valence-corrected chi connectivity index (χ1v) is 10.8. The molecule has 0 saturated carbocycles. The van der Waals surface area contributed by atoms with Crippen LogP contribution in [0.2, 0.25) is 0 Å². The van der Waals surface area contributed by atoms with Gasteiger partial charge in [0.25, 0.3) is 0 Å². The lowest BCUT2D eigenvalue weighted by Crippen LogP contribution is -2.31. The second-order valence-corrected chi connectivity index (χ2v) is 8.29. The predicted octanol–water partition coefficient (Wildman–Crippen LogP) is 3.91. The van der Waals surface area contributed by atoms with Gasteiger partial charge in [0.1, 0.15) is 5.82 Å². The van der Waals surface area contributed by atoms with Gasteiger partial charge >= 0.3 is 5.63 Å². The van der Waals surface area contributed by atoms with E-state index >= 15 is 0 Å². The summed E-state index contributed by atoms with van der Waals surface area (Å²) < 4.78 is 5.77. The minimum absolute atomic E-state index is 0.316. The molecule has 30 heavy (non-hydrogen) atoms. The van der Waals surface area contributed by atoms with E-state index in [9.17, 15) is 4.79 Å². The van der Waals surface area contributed by atoms with Crippen LogP contribution in [0.4, 0.5) is 5.82 Å². The molecule has 0 bridgehead atoms. The summed E-state index contributed by atoms with van der Waals surface area (Å²) in [6.45, 7) is 6.06. The molecular formula is C24H30N4O2. The molecule has 6 heteroatoms. The van der Waals surface area contributed by atoms with E-state index in [4.69, 9.17) is 9.40 Å². The zero-order valence-electron chi connectivity index (χ0n) is 18.3. The SMILES string of the molecule is CCCc1cc(CC)cc2nc(-c3cccnc3N3CC[C@@H](N(C)C)C3)oc(=O)c12. The number of hydrogen-bond acceptors (Lipinski definition) is 6. The van der Waals surface area contributed by atoms with Gasteiger partial charge in [0, 0.05) is 25.3 Å². The molecule has 1 saturated heterocycles. The Labute approximate surface area is 177 Å². The summed E-state index contributed by atoms with van der Waals surface area (Å²) in [7, 11) is 4.22. The fourth-order valence-electron chi connectivity index (χ4n) is 4.30. The number of likely N-dealkylation sites (N-methyl/N-ethyl adjacent to an activating group) is 1. The Morgan fingerprint density at radius 1 is 1.27 bits per heavy atom. The average molecular weight is 407 g/mol. The Kier molecular flexibility index (Phi) is 5.86. The van der Waals surface area contributed by atoms with Crippen LogP contribution in [0.25, 0.3) is 22.4 Å². The van der Waals surface area contributed by atoms with Crippen molar-refractivity contribution in [3.63, 3.8) is 0 Å². The minimum Gasteiger partial charge on any atom is -0.403 e. The molecule has 0 spiro atoms. The maximum Gasteiger partial charge on any atom is 0.347 e. The molecule has 0 amide bonds. The van der Waals surface area contributed by atoms with Gasteiger partial charge in [0.05, 0.1) is 16.5 Å². The summed E-state index contributed by atoms with van der Waals surface area (Å²) in [6, 6.07) is 8.43. The monoisotopic (exact) mass is 406 g/mol. The summed E-state index contributed by atoms with van der Waals surface area (Å²) in [5.74, 6) is 1.18. The quantitative estimate of drug-likeness (QED) is 0.619. The molecule has 0 radical (unpaired) electrons. The molecule has 2 aromatic heterocycles. The van der Waals surface area contributed by atoms with Crippen LogP contribution in [-0.4, -0.2) is 48.1 Å². The van der Waals surface area contributed by atoms with E-state index in [1.807, 2.05) is 18.2 Å². The smallest absolute Gasteiger partial charge is 0.347 e. The van der Waals surface area contributed by atoms with Crippen molar-refractivity contribution in [2.75, 3.05) is 32.1 Å². The fourth-order valence-corrected chi connectivity index (χ4v) is 4.30. The Bertz CT molecular complexity index is 1110. The van der Waals surface area contributed by atoms with Crippen molar-refractivity contribution in [2.24, 2.45) is 0 Å². The van der Waals surface area contributed by atoms with Crippen molar-refractivity contribution in [1.82, 2.24) is 14.9 Å². The number of nitrogens with zero attached hydrogens (tertiary/aromatic N) is 4. The number of aromatic nitrogens is 2. The van der Waals surface area contributed by atoms with Gasteiger partial charge in [-0.25, -0.2) is 14.8 Å². The maximum atomic E-state index is 13.0. The summed E-state index contributed by atoms with van der Waals surface area (Å²) in [4.78, 5) is 26.9. The molecule has 0 aliphatic carbocycles. The summed E-state index contributed by atoms with van der Waals surface area (Å²) in [6.07, 6.45) is 5.59. The van der Waals surface area contributed by atoms with E-state index in [1.54, 1.807) is 6.20 Å². The van der Waals surface area contributed by atoms with Crippen LogP contribution in [-0.2, 0) is 12.8 Å². The lowest BCUT2D eigenvalue weighted by Gasteiger charge is -2.22. The standard InChI is InChI=1S/C24H30N4O2/c1-5-8-17-13-16(6-2)14-20-21(17)24(29)30-23(26-20)19-9-7-11-25-22(19)28-12-10-18(15-28)27(3)4/h7,9,11,13-14,18H,5-6,8,10,12,15H2,1-4H3/t18-/m1/s1. The normalized spacial score (nSPS) is 16.7. The molecule has 158 valence electrons. The van der Waals surface area contributed by atoms with E-state index < -0.39 is 0 Å². The van der Waals surface area contributed by atoms with E-state index in [0.717, 1.165) is 55.7 Å². The van der Waals surface area contributed by atoms with Crippen molar-refractivity contribution in [1.29, 1.82) is 0 Å². The van der Waals surface area contributed by atoms with E-state index in [1.165, 1.54) is 5.56 Å². The Hall–Kier alpha value is -2.73. The van der Waals surface area contributed by atoms with Crippen LogP contribution in [0, 0.1) is 0 Å². The third-order valence-electron chi connectivity index (χ3n) is 6.01. The Balaban J connectivity index is 1.82. The van der Waals surface area contributed by atoms with Crippen molar-refractivity contribution < 1.29 is 4.42 Å². The first-order valence-electron chi connectivity index (χ1n) is 10.8. The summed E-state index contributed by atoms with van der Waals surface area (Å²) in [5, 5.41) is 0.608. The van der Waals surface area contributed by atoms with E-state index in [2.05, 4.69) is 48.8 Å². The molecule has 3 heterocycles. The van der Waals surface area contributed by atoms with Crippen LogP contribution in [0.1, 0.15) is 37.8 Å². The van der Waals surface area contributed by atoms with Gasteiger partial charge in [-0.05, 0) is 62.7 Å². The van der Waals surface area contributed by atoms with Crippen LogP contribution >= 0.6 is 0 Å². The minimum atomic E-state index is -0.316. The lowest BCUT2D eigenvalue weighted by molar-refractivity contribution is 0.315. The zero-order chi connectivity index (χ0) is 21.3. The van der Waals surface area contributed by atoms with Gasteiger partial charge < -0.3 is 14.2 Å². The molecule has 1 atom stereocenters. The van der Waals surface area contributed by atoms with Gasteiger partial charge in [-0.2, -0.15) is 0 Å². The van der Waals surface area contributed by atoms with Crippen LogP contribution in [0.15, 0.2) is 39.7 Å². The molecule has 0 N–H and O–H groups in total. The number of rotatable bonds is 6. The molecular weight excluding hydrogens is 376 g/mol. The van der Waals surface area contributed by atoms with Gasteiger partial charge in [-0.1, -0.05) is 26.3 Å². The first-order chi connectivity index (χ1) is 14.5. The second kappa shape index (κ2) is 8.56. The number of fused-ring (bicyclic) bond motifs is 1. The second-order valence-electron chi connectivity index (χ2n) is 8.29. The average Bonchev–Trinajstić information content (AvgIpc) is 3.24. The van der Waals surface area contributed by atoms with Crippen LogP contribution in [0.5, 0.6) is 0 Å². The van der Waals surface area contributed by atoms with Crippen molar-refractivity contribution in [3.05, 3.63) is 52.0 Å². The van der Waals surface area contributed by atoms with Crippen LogP contribution < -0.4 is 10.5 Å². The molecule has 1 aromatic carbocycles. The summed E-state index contributed by atoms with van der Waals surface area (Å²) >= 11 is 0. The highest BCUT2D eigenvalue weighted by molar-refractivity contribution is 5.84. The Morgan fingerprint density at radius 2 is 2.10 bits per heavy atom. The molecule has 4 rings (SSSR count). The zero-order valence-corrected chi connectivity index (χ0v) is 18.3. The molecule has 1 fully saturated rings. The number of aryl methyl sites for hydroxylation is 2. The highest BCUT2D eigenvalue weighted by Gasteiger charge is 2.27. The molecule has 1 aliphatic rings. The fraction of sp³-hybridized carbons (Fsp3) is 0.458. The van der Waals surface area contributed by atoms with E-state index in [-0.39, 0.29) is 5.63 Å². The van der Waals surface area contributed by atoms with Crippen molar-refractivity contribution >= 4 is 16.7 Å². The highest BCUT2D eigenvalue weighted by Crippen LogP contribution is 2.31. The topological polar surface area (TPSA) is 62.5 Å². The largest absolute Gasteiger partial charge is 0.403 e. The van der Waals surface area contributed by atoms with Crippen molar-refractivity contribution in [3.8, 4) is 11.5 Å². The number of benzene rings is 1. The van der Waals surface area contributed by atoms with Gasteiger partial charge in [-0.3, -0.25) is 0 Å². The maximum absolute atomic E-state index is 13.0. The first kappa shape index (κ1) is 20.5. The lowest BCUT2D eigenvalue weighted by atomic mass is 10.0. The third-order valence-corrected chi connectivity index (χ3v) is 6.01. The number of anilines is 1. The number of pyridine rings is 1. The van der Waals surface area contributed by atoms with Crippen molar-refractivity contribution in [2.45, 2.75) is 45.6 Å². The van der Waals surface area contributed by atoms with Crippen LogP contribution in [0.3, 0.4) is 0 Å². The predicted molar refractivity (Wildman–Crippen MR) is 121 cm³/mol. The Morgan fingerprint density at radius 3 is 2.80 bits per heavy atom. The summed E-state index contributed by atoms with van der Waals surface area (Å²) in [5.41, 5.74) is 3.39. The van der Waals surface area contributed by atoms with Gasteiger partial charge in [-0.15, -0.1) is 0 Å². The third kappa shape index (κ3) is 3.84. The van der Waals surface area contributed by atoms with Gasteiger partial charge in [0.15, 0.2) is 0 Å². The number of hydrogen-bond donors (Lipinski definition) is 0. The van der Waals surface area contributed by atoms with E-state index in [0.29, 0.717) is 22.8 Å². The molecule has 6 nitrogen and oxygen atoms in total.